The fraction of sp³-hybridized carbons (Fsp3) is 1.00. The summed E-state index contributed by atoms with van der Waals surface area (Å²) in [5.41, 5.74) is 7.28. The minimum Gasteiger partial charge on any atom is -0.329 e. The SMILES string of the molecule is CN1CCN(C2(CN)CCC(C)(C)CC2)CC1(C)C. The molecule has 0 aromatic carbocycles. The first-order chi connectivity index (χ1) is 8.71. The van der Waals surface area contributed by atoms with E-state index >= 15 is 0 Å². The summed E-state index contributed by atoms with van der Waals surface area (Å²) >= 11 is 0. The van der Waals surface area contributed by atoms with Gasteiger partial charge in [-0.05, 0) is 52.0 Å². The van der Waals surface area contributed by atoms with E-state index < -0.39 is 0 Å². The van der Waals surface area contributed by atoms with E-state index in [0.717, 1.165) is 19.6 Å². The highest BCUT2D eigenvalue weighted by Crippen LogP contribution is 2.43. The summed E-state index contributed by atoms with van der Waals surface area (Å²) in [6, 6.07) is 0. The fourth-order valence-corrected chi connectivity index (χ4v) is 3.69. The predicted octanol–water partition coefficient (Wildman–Crippen LogP) is 2.31. The second kappa shape index (κ2) is 5.01. The maximum Gasteiger partial charge on any atom is 0.0333 e. The Kier molecular flexibility index (Phi) is 4.03. The molecule has 1 saturated heterocycles. The van der Waals surface area contributed by atoms with Gasteiger partial charge in [0.1, 0.15) is 0 Å². The van der Waals surface area contributed by atoms with Crippen LogP contribution < -0.4 is 5.73 Å². The number of hydrogen-bond acceptors (Lipinski definition) is 3. The van der Waals surface area contributed by atoms with Crippen LogP contribution in [0.4, 0.5) is 0 Å². The van der Waals surface area contributed by atoms with E-state index in [9.17, 15) is 0 Å². The third-order valence-electron chi connectivity index (χ3n) is 5.90. The van der Waals surface area contributed by atoms with Gasteiger partial charge in [0.25, 0.3) is 0 Å². The predicted molar refractivity (Wildman–Crippen MR) is 82.3 cm³/mol. The van der Waals surface area contributed by atoms with Gasteiger partial charge >= 0.3 is 0 Å². The van der Waals surface area contributed by atoms with E-state index in [-0.39, 0.29) is 11.1 Å². The van der Waals surface area contributed by atoms with Gasteiger partial charge in [-0.25, -0.2) is 0 Å². The first-order valence-electron chi connectivity index (χ1n) is 7.87. The molecule has 0 amide bonds. The first kappa shape index (κ1) is 15.3. The molecular weight excluding hydrogens is 234 g/mol. The minimum absolute atomic E-state index is 0.271. The average molecular weight is 267 g/mol. The van der Waals surface area contributed by atoms with Crippen LogP contribution in [0.1, 0.15) is 53.4 Å². The summed E-state index contributed by atoms with van der Waals surface area (Å²) in [6.45, 7) is 13.8. The lowest BCUT2D eigenvalue weighted by Crippen LogP contribution is -2.66. The minimum atomic E-state index is 0.271. The summed E-state index contributed by atoms with van der Waals surface area (Å²) in [6.07, 6.45) is 5.18. The largest absolute Gasteiger partial charge is 0.329 e. The van der Waals surface area contributed by atoms with Crippen molar-refractivity contribution in [3.8, 4) is 0 Å². The van der Waals surface area contributed by atoms with Crippen LogP contribution in [0.15, 0.2) is 0 Å². The quantitative estimate of drug-likeness (QED) is 0.833. The van der Waals surface area contributed by atoms with Crippen LogP contribution in [-0.4, -0.2) is 54.1 Å². The molecule has 2 fully saturated rings. The van der Waals surface area contributed by atoms with Crippen LogP contribution in [0.25, 0.3) is 0 Å². The Bertz CT molecular complexity index is 312. The first-order valence-corrected chi connectivity index (χ1v) is 7.87. The molecule has 1 aliphatic heterocycles. The topological polar surface area (TPSA) is 32.5 Å². The van der Waals surface area contributed by atoms with E-state index in [1.807, 2.05) is 0 Å². The molecule has 0 radical (unpaired) electrons. The van der Waals surface area contributed by atoms with Crippen molar-refractivity contribution in [2.45, 2.75) is 64.5 Å². The van der Waals surface area contributed by atoms with Crippen molar-refractivity contribution in [2.75, 3.05) is 33.2 Å². The van der Waals surface area contributed by atoms with Crippen molar-refractivity contribution < 1.29 is 0 Å². The molecule has 2 aliphatic rings. The standard InChI is InChI=1S/C16H33N3/c1-14(2)6-8-16(12-17,9-7-14)19-11-10-18(5)15(3,4)13-19/h6-13,17H2,1-5H3. The van der Waals surface area contributed by atoms with Crippen molar-refractivity contribution in [3.63, 3.8) is 0 Å². The van der Waals surface area contributed by atoms with Gasteiger partial charge in [-0.3, -0.25) is 9.80 Å². The molecule has 2 rings (SSSR count). The van der Waals surface area contributed by atoms with Crippen LogP contribution in [0, 0.1) is 5.41 Å². The Balaban J connectivity index is 2.10. The Morgan fingerprint density at radius 1 is 0.947 bits per heavy atom. The van der Waals surface area contributed by atoms with Gasteiger partial charge in [-0.1, -0.05) is 13.8 Å². The summed E-state index contributed by atoms with van der Waals surface area (Å²) in [4.78, 5) is 5.20. The van der Waals surface area contributed by atoms with Crippen LogP contribution in [0.2, 0.25) is 0 Å². The normalized spacial score (nSPS) is 31.3. The number of hydrogen-bond donors (Lipinski definition) is 1. The van der Waals surface area contributed by atoms with E-state index in [0.29, 0.717) is 5.41 Å². The van der Waals surface area contributed by atoms with Gasteiger partial charge in [-0.2, -0.15) is 0 Å². The lowest BCUT2D eigenvalue weighted by atomic mass is 9.68. The highest BCUT2D eigenvalue weighted by Gasteiger charge is 2.45. The highest BCUT2D eigenvalue weighted by molar-refractivity contribution is 5.02. The van der Waals surface area contributed by atoms with Crippen molar-refractivity contribution in [3.05, 3.63) is 0 Å². The van der Waals surface area contributed by atoms with E-state index in [1.165, 1.54) is 32.2 Å². The lowest BCUT2D eigenvalue weighted by molar-refractivity contribution is -0.0490. The summed E-state index contributed by atoms with van der Waals surface area (Å²) < 4.78 is 0. The van der Waals surface area contributed by atoms with E-state index in [2.05, 4.69) is 44.5 Å². The number of nitrogens with two attached hydrogens (primary N) is 1. The molecular formula is C16H33N3. The lowest BCUT2D eigenvalue weighted by Gasteiger charge is -2.55. The molecule has 2 N–H and O–H groups in total. The van der Waals surface area contributed by atoms with Crippen molar-refractivity contribution >= 4 is 0 Å². The van der Waals surface area contributed by atoms with Crippen LogP contribution in [0.5, 0.6) is 0 Å². The van der Waals surface area contributed by atoms with Crippen molar-refractivity contribution in [1.29, 1.82) is 0 Å². The number of rotatable bonds is 2. The molecule has 3 heteroatoms. The molecule has 0 atom stereocenters. The molecule has 112 valence electrons. The maximum absolute atomic E-state index is 6.23. The zero-order valence-corrected chi connectivity index (χ0v) is 13.6. The summed E-state index contributed by atoms with van der Waals surface area (Å²) in [5.74, 6) is 0. The summed E-state index contributed by atoms with van der Waals surface area (Å²) in [7, 11) is 2.25. The monoisotopic (exact) mass is 267 g/mol. The van der Waals surface area contributed by atoms with Gasteiger partial charge in [0.15, 0.2) is 0 Å². The smallest absolute Gasteiger partial charge is 0.0333 e. The summed E-state index contributed by atoms with van der Waals surface area (Å²) in [5, 5.41) is 0. The Labute approximate surface area is 119 Å². The van der Waals surface area contributed by atoms with Crippen LogP contribution in [-0.2, 0) is 0 Å². The van der Waals surface area contributed by atoms with Gasteiger partial charge in [0.2, 0.25) is 0 Å². The van der Waals surface area contributed by atoms with Crippen molar-refractivity contribution in [1.82, 2.24) is 9.80 Å². The fourth-order valence-electron chi connectivity index (χ4n) is 3.69. The molecule has 0 aromatic rings. The van der Waals surface area contributed by atoms with Gasteiger partial charge < -0.3 is 5.73 Å². The Hall–Kier alpha value is -0.120. The average Bonchev–Trinajstić information content (AvgIpc) is 2.33. The molecule has 0 spiro atoms. The maximum atomic E-state index is 6.23. The molecule has 0 unspecified atom stereocenters. The van der Waals surface area contributed by atoms with Gasteiger partial charge in [0, 0.05) is 37.3 Å². The zero-order chi connectivity index (χ0) is 14.3. The molecule has 3 nitrogen and oxygen atoms in total. The molecule has 0 aromatic heterocycles. The number of piperazine rings is 1. The van der Waals surface area contributed by atoms with Crippen LogP contribution >= 0.6 is 0 Å². The zero-order valence-electron chi connectivity index (χ0n) is 13.6. The van der Waals surface area contributed by atoms with Gasteiger partial charge in [0.05, 0.1) is 0 Å². The van der Waals surface area contributed by atoms with Gasteiger partial charge in [-0.15, -0.1) is 0 Å². The molecule has 1 aliphatic carbocycles. The van der Waals surface area contributed by atoms with Crippen molar-refractivity contribution in [2.24, 2.45) is 11.1 Å². The molecule has 0 bridgehead atoms. The Morgan fingerprint density at radius 3 is 2.00 bits per heavy atom. The molecule has 1 saturated carbocycles. The third-order valence-corrected chi connectivity index (χ3v) is 5.90. The second-order valence-corrected chi connectivity index (χ2v) is 8.25. The Morgan fingerprint density at radius 2 is 1.53 bits per heavy atom. The number of likely N-dealkylation sites (N-methyl/N-ethyl adjacent to an activating group) is 1. The third kappa shape index (κ3) is 2.98. The van der Waals surface area contributed by atoms with E-state index in [4.69, 9.17) is 5.73 Å². The van der Waals surface area contributed by atoms with Crippen LogP contribution in [0.3, 0.4) is 0 Å². The second-order valence-electron chi connectivity index (χ2n) is 8.25. The number of nitrogens with zero attached hydrogens (tertiary/aromatic N) is 2. The highest BCUT2D eigenvalue weighted by atomic mass is 15.3. The molecule has 19 heavy (non-hydrogen) atoms. The van der Waals surface area contributed by atoms with E-state index in [1.54, 1.807) is 0 Å². The molecule has 1 heterocycles.